The summed E-state index contributed by atoms with van der Waals surface area (Å²) in [4.78, 5) is 0. The van der Waals surface area contributed by atoms with Gasteiger partial charge >= 0.3 is 0 Å². The quantitative estimate of drug-likeness (QED) is 0.152. The van der Waals surface area contributed by atoms with Gasteiger partial charge in [-0.05, 0) is 116 Å². The van der Waals surface area contributed by atoms with Crippen LogP contribution in [0.5, 0.6) is 0 Å². The van der Waals surface area contributed by atoms with E-state index >= 15 is 0 Å². The van der Waals surface area contributed by atoms with Gasteiger partial charge in [0.2, 0.25) is 0 Å². The van der Waals surface area contributed by atoms with Crippen LogP contribution in [-0.4, -0.2) is 9.13 Å². The first-order valence-corrected chi connectivity index (χ1v) is 21.3. The summed E-state index contributed by atoms with van der Waals surface area (Å²) in [6.45, 7) is 0. The van der Waals surface area contributed by atoms with Crippen LogP contribution in [0.15, 0.2) is 243 Å². The van der Waals surface area contributed by atoms with Gasteiger partial charge in [-0.15, -0.1) is 0 Å². The summed E-state index contributed by atoms with van der Waals surface area (Å²) >= 11 is 0. The van der Waals surface area contributed by atoms with E-state index in [0.29, 0.717) is 0 Å². The molecule has 2 heteroatoms. The van der Waals surface area contributed by atoms with E-state index in [4.69, 9.17) is 0 Å². The van der Waals surface area contributed by atoms with Gasteiger partial charge in [-0.3, -0.25) is 0 Å². The maximum Gasteiger partial charge on any atom is 0.0547 e. The molecule has 0 atom stereocenters. The van der Waals surface area contributed by atoms with Gasteiger partial charge in [-0.2, -0.15) is 0 Å². The largest absolute Gasteiger partial charge is 0.309 e. The lowest BCUT2D eigenvalue weighted by Gasteiger charge is -2.12. The van der Waals surface area contributed by atoms with E-state index in [9.17, 15) is 0 Å². The molecule has 0 aliphatic carbocycles. The van der Waals surface area contributed by atoms with E-state index in [0.717, 1.165) is 11.4 Å². The minimum absolute atomic E-state index is 1.14. The molecule has 10 aromatic carbocycles. The second-order valence-corrected chi connectivity index (χ2v) is 16.2. The maximum absolute atomic E-state index is 2.44. The summed E-state index contributed by atoms with van der Waals surface area (Å²) in [7, 11) is 0. The van der Waals surface area contributed by atoms with Crippen molar-refractivity contribution in [1.29, 1.82) is 0 Å². The predicted octanol–water partition coefficient (Wildman–Crippen LogP) is 16.2. The molecule has 2 nitrogen and oxygen atoms in total. The Hall–Kier alpha value is -8.20. The summed E-state index contributed by atoms with van der Waals surface area (Å²) in [5.41, 5.74) is 19.1. The zero-order chi connectivity index (χ0) is 41.0. The molecule has 0 aliphatic rings. The molecule has 0 amide bonds. The SMILES string of the molecule is c1ccc(-c2ccc(-n3c4ccc(-c5ccccc5)cc4c4ccc(-c5ccc6c7cc(-c8ccccc8)ccc7n(-c7ccc(-c8ccccc8)cc7)c6c5)cc43)cc2)cc1. The highest BCUT2D eigenvalue weighted by Crippen LogP contribution is 2.41. The van der Waals surface area contributed by atoms with Crippen LogP contribution >= 0.6 is 0 Å². The molecule has 0 spiro atoms. The van der Waals surface area contributed by atoms with Gasteiger partial charge in [-0.25, -0.2) is 0 Å². The Morgan fingerprint density at radius 2 is 0.452 bits per heavy atom. The second-order valence-electron chi connectivity index (χ2n) is 16.2. The van der Waals surface area contributed by atoms with Crippen molar-refractivity contribution in [3.05, 3.63) is 243 Å². The summed E-state index contributed by atoms with van der Waals surface area (Å²) in [5, 5.41) is 4.94. The molecule has 0 fully saturated rings. The highest BCUT2D eigenvalue weighted by molar-refractivity contribution is 6.13. The highest BCUT2D eigenvalue weighted by atomic mass is 15.0. The summed E-state index contributed by atoms with van der Waals surface area (Å²) in [5.74, 6) is 0. The van der Waals surface area contributed by atoms with Gasteiger partial charge < -0.3 is 9.13 Å². The first-order valence-electron chi connectivity index (χ1n) is 21.3. The van der Waals surface area contributed by atoms with E-state index in [2.05, 4.69) is 252 Å². The molecule has 0 bridgehead atoms. The number of aromatic nitrogens is 2. The van der Waals surface area contributed by atoms with E-state index in [-0.39, 0.29) is 0 Å². The van der Waals surface area contributed by atoms with Gasteiger partial charge in [0.1, 0.15) is 0 Å². The minimum Gasteiger partial charge on any atom is -0.309 e. The molecule has 0 radical (unpaired) electrons. The number of fused-ring (bicyclic) bond motifs is 6. The Bertz CT molecular complexity index is 3320. The molecule has 0 saturated carbocycles. The predicted molar refractivity (Wildman–Crippen MR) is 262 cm³/mol. The van der Waals surface area contributed by atoms with E-state index < -0.39 is 0 Å². The zero-order valence-corrected chi connectivity index (χ0v) is 34.0. The van der Waals surface area contributed by atoms with Crippen molar-refractivity contribution in [3.8, 4) is 67.0 Å². The van der Waals surface area contributed by atoms with Crippen molar-refractivity contribution < 1.29 is 0 Å². The normalized spacial score (nSPS) is 11.5. The van der Waals surface area contributed by atoms with Crippen molar-refractivity contribution in [1.82, 2.24) is 9.13 Å². The Labute approximate surface area is 360 Å². The topological polar surface area (TPSA) is 9.86 Å². The molecule has 0 saturated heterocycles. The van der Waals surface area contributed by atoms with Gasteiger partial charge in [0.15, 0.2) is 0 Å². The fourth-order valence-corrected chi connectivity index (χ4v) is 9.44. The van der Waals surface area contributed by atoms with E-state index in [1.807, 2.05) is 0 Å². The average molecular weight is 789 g/mol. The maximum atomic E-state index is 2.44. The fourth-order valence-electron chi connectivity index (χ4n) is 9.44. The number of rotatable bonds is 7. The summed E-state index contributed by atoms with van der Waals surface area (Å²) < 4.78 is 4.87. The molecule has 12 rings (SSSR count). The Morgan fingerprint density at radius 1 is 0.177 bits per heavy atom. The first kappa shape index (κ1) is 35.7. The third kappa shape index (κ3) is 6.12. The molecule has 0 aliphatic heterocycles. The van der Waals surface area contributed by atoms with Crippen LogP contribution in [0.25, 0.3) is 111 Å². The lowest BCUT2D eigenvalue weighted by molar-refractivity contribution is 1.18. The number of hydrogen-bond acceptors (Lipinski definition) is 0. The van der Waals surface area contributed by atoms with Crippen LogP contribution in [0.1, 0.15) is 0 Å². The molecule has 0 N–H and O–H groups in total. The number of nitrogens with zero attached hydrogens (tertiary/aromatic N) is 2. The minimum atomic E-state index is 1.14. The molecule has 62 heavy (non-hydrogen) atoms. The number of benzene rings is 10. The average Bonchev–Trinajstić information content (AvgIpc) is 3.86. The van der Waals surface area contributed by atoms with Crippen LogP contribution in [0.3, 0.4) is 0 Å². The van der Waals surface area contributed by atoms with Crippen LogP contribution in [0.2, 0.25) is 0 Å². The van der Waals surface area contributed by atoms with Gasteiger partial charge in [0, 0.05) is 32.9 Å². The van der Waals surface area contributed by atoms with E-state index in [1.165, 1.54) is 99.2 Å². The Morgan fingerprint density at radius 3 is 0.806 bits per heavy atom. The van der Waals surface area contributed by atoms with Gasteiger partial charge in [-0.1, -0.05) is 182 Å². The Balaban J connectivity index is 1.04. The molecule has 12 aromatic rings. The molecule has 2 heterocycles. The summed E-state index contributed by atoms with van der Waals surface area (Å²) in [6.07, 6.45) is 0. The van der Waals surface area contributed by atoms with Crippen molar-refractivity contribution in [2.24, 2.45) is 0 Å². The van der Waals surface area contributed by atoms with Crippen molar-refractivity contribution in [2.75, 3.05) is 0 Å². The molecule has 290 valence electrons. The smallest absolute Gasteiger partial charge is 0.0547 e. The van der Waals surface area contributed by atoms with Crippen LogP contribution in [0, 0.1) is 0 Å². The fraction of sp³-hybridized carbons (Fsp3) is 0. The lowest BCUT2D eigenvalue weighted by atomic mass is 9.99. The first-order chi connectivity index (χ1) is 30.7. The molecular weight excluding hydrogens is 749 g/mol. The van der Waals surface area contributed by atoms with Crippen molar-refractivity contribution >= 4 is 43.6 Å². The standard InChI is InChI=1S/C60H40N2/c1-5-13-41(14-6-1)45-21-29-51(30-22-45)61-57-35-27-47(43-17-9-3-10-18-43)37-55(57)53-33-25-49(39-59(53)61)50-26-34-54-56-38-48(44-19-11-4-12-20-44)28-36-58(56)62(60(54)40-50)52-31-23-46(24-32-52)42-15-7-2-8-16-42/h1-40H. The van der Waals surface area contributed by atoms with Gasteiger partial charge in [0.25, 0.3) is 0 Å². The lowest BCUT2D eigenvalue weighted by Crippen LogP contribution is -1.95. The third-order valence-electron chi connectivity index (χ3n) is 12.5. The second kappa shape index (κ2) is 14.8. The van der Waals surface area contributed by atoms with Crippen molar-refractivity contribution in [2.45, 2.75) is 0 Å². The van der Waals surface area contributed by atoms with Crippen LogP contribution < -0.4 is 0 Å². The molecular formula is C60H40N2. The van der Waals surface area contributed by atoms with Crippen molar-refractivity contribution in [3.63, 3.8) is 0 Å². The monoisotopic (exact) mass is 788 g/mol. The Kier molecular flexibility index (Phi) is 8.53. The third-order valence-corrected chi connectivity index (χ3v) is 12.5. The molecule has 0 unspecified atom stereocenters. The molecule has 2 aromatic heterocycles. The van der Waals surface area contributed by atoms with Gasteiger partial charge in [0.05, 0.1) is 22.1 Å². The van der Waals surface area contributed by atoms with Crippen LogP contribution in [-0.2, 0) is 0 Å². The zero-order valence-electron chi connectivity index (χ0n) is 34.0. The summed E-state index contributed by atoms with van der Waals surface area (Å²) in [6, 6.07) is 88.5. The number of hydrogen-bond donors (Lipinski definition) is 0. The highest BCUT2D eigenvalue weighted by Gasteiger charge is 2.18. The van der Waals surface area contributed by atoms with E-state index in [1.54, 1.807) is 0 Å². The van der Waals surface area contributed by atoms with Crippen LogP contribution in [0.4, 0.5) is 0 Å².